The fourth-order valence-electron chi connectivity index (χ4n) is 3.43. The molecule has 1 fully saturated rings. The molecule has 1 heterocycles. The molecular weight excluding hydrogens is 467 g/mol. The van der Waals surface area contributed by atoms with Crippen LogP contribution in [-0.4, -0.2) is 64.4 Å². The molecular formula is C21H37IN4O2. The van der Waals surface area contributed by atoms with E-state index in [9.17, 15) is 0 Å². The first-order valence-corrected chi connectivity index (χ1v) is 10.2. The van der Waals surface area contributed by atoms with Crippen molar-refractivity contribution in [3.05, 3.63) is 29.8 Å². The Hall–Kier alpha value is -1.06. The maximum Gasteiger partial charge on any atom is 0.191 e. The lowest BCUT2D eigenvalue weighted by Crippen LogP contribution is -2.43. The van der Waals surface area contributed by atoms with E-state index in [1.165, 1.54) is 18.4 Å². The van der Waals surface area contributed by atoms with Crippen LogP contribution in [0.4, 0.5) is 0 Å². The van der Waals surface area contributed by atoms with Crippen molar-refractivity contribution < 1.29 is 9.47 Å². The molecule has 1 aliphatic rings. The van der Waals surface area contributed by atoms with Gasteiger partial charge in [-0.15, -0.1) is 24.0 Å². The molecule has 1 aromatic carbocycles. The van der Waals surface area contributed by atoms with E-state index >= 15 is 0 Å². The highest BCUT2D eigenvalue weighted by atomic mass is 127. The normalized spacial score (nSPS) is 15.8. The van der Waals surface area contributed by atoms with Crippen LogP contribution in [0.15, 0.2) is 29.3 Å². The molecule has 0 saturated carbocycles. The number of para-hydroxylation sites is 1. The Bertz CT molecular complexity index is 565. The summed E-state index contributed by atoms with van der Waals surface area (Å²) >= 11 is 0. The van der Waals surface area contributed by atoms with Gasteiger partial charge in [0.15, 0.2) is 5.96 Å². The molecule has 1 aromatic rings. The average Bonchev–Trinajstić information content (AvgIpc) is 3.24. The number of unbranched alkanes of at least 4 members (excludes halogenated alkanes) is 1. The fourth-order valence-corrected chi connectivity index (χ4v) is 3.43. The summed E-state index contributed by atoms with van der Waals surface area (Å²) in [5.74, 6) is 1.76. The number of benzene rings is 1. The smallest absolute Gasteiger partial charge is 0.191 e. The molecule has 0 radical (unpaired) electrons. The first-order chi connectivity index (χ1) is 13.3. The maximum absolute atomic E-state index is 5.61. The largest absolute Gasteiger partial charge is 0.496 e. The van der Waals surface area contributed by atoms with Crippen LogP contribution in [0.25, 0.3) is 0 Å². The van der Waals surface area contributed by atoms with Crippen LogP contribution >= 0.6 is 24.0 Å². The number of halogens is 1. The number of methoxy groups -OCH3 is 1. The van der Waals surface area contributed by atoms with Crippen LogP contribution in [0.5, 0.6) is 5.75 Å². The molecule has 1 unspecified atom stereocenters. The molecule has 0 amide bonds. The van der Waals surface area contributed by atoms with Crippen molar-refractivity contribution in [2.45, 2.75) is 38.6 Å². The predicted molar refractivity (Wildman–Crippen MR) is 127 cm³/mol. The second-order valence-corrected chi connectivity index (χ2v) is 6.85. The van der Waals surface area contributed by atoms with Gasteiger partial charge in [0.25, 0.3) is 0 Å². The lowest BCUT2D eigenvalue weighted by Gasteiger charge is -2.30. The number of aliphatic imine (C=N–C) groups is 1. The van der Waals surface area contributed by atoms with Crippen molar-refractivity contribution in [1.29, 1.82) is 0 Å². The number of hydrogen-bond donors (Lipinski definition) is 2. The van der Waals surface area contributed by atoms with E-state index < -0.39 is 0 Å². The minimum absolute atomic E-state index is 0. The van der Waals surface area contributed by atoms with Crippen molar-refractivity contribution in [1.82, 2.24) is 15.5 Å². The number of nitrogens with one attached hydrogen (secondary N) is 2. The van der Waals surface area contributed by atoms with Gasteiger partial charge in [-0.1, -0.05) is 31.5 Å². The van der Waals surface area contributed by atoms with Crippen LogP contribution < -0.4 is 15.4 Å². The van der Waals surface area contributed by atoms with Crippen molar-refractivity contribution in [3.8, 4) is 5.75 Å². The van der Waals surface area contributed by atoms with E-state index in [1.54, 1.807) is 14.2 Å². The highest BCUT2D eigenvalue weighted by molar-refractivity contribution is 14.0. The van der Waals surface area contributed by atoms with Crippen LogP contribution in [0.3, 0.4) is 0 Å². The van der Waals surface area contributed by atoms with Crippen LogP contribution in [0, 0.1) is 0 Å². The summed E-state index contributed by atoms with van der Waals surface area (Å²) in [6, 6.07) is 8.58. The molecule has 0 bridgehead atoms. The monoisotopic (exact) mass is 504 g/mol. The van der Waals surface area contributed by atoms with Gasteiger partial charge in [0.05, 0.1) is 19.8 Å². The minimum atomic E-state index is 0. The summed E-state index contributed by atoms with van der Waals surface area (Å²) in [7, 11) is 3.55. The fraction of sp³-hybridized carbons (Fsp3) is 0.667. The molecule has 0 spiro atoms. The topological polar surface area (TPSA) is 58.1 Å². The van der Waals surface area contributed by atoms with Gasteiger partial charge in [0.2, 0.25) is 0 Å². The van der Waals surface area contributed by atoms with Crippen LogP contribution in [-0.2, 0) is 4.74 Å². The standard InChI is InChI=1S/C21H36N4O2.HI/c1-4-5-15-27-16-12-23-21(22-2)24-17-19(25-13-8-9-14-25)18-10-6-7-11-20(18)26-3;/h6-7,10-11,19H,4-5,8-9,12-17H2,1-3H3,(H2,22,23,24);1H. The summed E-state index contributed by atoms with van der Waals surface area (Å²) in [5, 5.41) is 6.82. The van der Waals surface area contributed by atoms with Gasteiger partial charge < -0.3 is 20.1 Å². The average molecular weight is 504 g/mol. The van der Waals surface area contributed by atoms with Crippen LogP contribution in [0.2, 0.25) is 0 Å². The van der Waals surface area contributed by atoms with Gasteiger partial charge in [-0.3, -0.25) is 9.89 Å². The summed E-state index contributed by atoms with van der Waals surface area (Å²) in [6.45, 7) is 7.50. The van der Waals surface area contributed by atoms with Crippen molar-refractivity contribution >= 4 is 29.9 Å². The molecule has 2 N–H and O–H groups in total. The molecule has 160 valence electrons. The van der Waals surface area contributed by atoms with Crippen molar-refractivity contribution in [2.24, 2.45) is 4.99 Å². The molecule has 0 aliphatic carbocycles. The third-order valence-corrected chi connectivity index (χ3v) is 4.95. The van der Waals surface area contributed by atoms with Gasteiger partial charge in [0, 0.05) is 32.3 Å². The Kier molecular flexibility index (Phi) is 13.3. The maximum atomic E-state index is 5.61. The molecule has 6 nitrogen and oxygen atoms in total. The number of ether oxygens (including phenoxy) is 2. The van der Waals surface area contributed by atoms with Crippen molar-refractivity contribution in [3.63, 3.8) is 0 Å². The molecule has 1 saturated heterocycles. The van der Waals surface area contributed by atoms with E-state index in [2.05, 4.69) is 39.6 Å². The SMILES string of the molecule is CCCCOCCNC(=NC)NCC(c1ccccc1OC)N1CCCC1.I. The summed E-state index contributed by atoms with van der Waals surface area (Å²) in [6.07, 6.45) is 4.79. The summed E-state index contributed by atoms with van der Waals surface area (Å²) < 4.78 is 11.2. The van der Waals surface area contributed by atoms with Gasteiger partial charge in [-0.05, 0) is 38.4 Å². The summed E-state index contributed by atoms with van der Waals surface area (Å²) in [4.78, 5) is 6.88. The molecule has 0 aromatic heterocycles. The highest BCUT2D eigenvalue weighted by Gasteiger charge is 2.25. The second kappa shape index (κ2) is 14.9. The first kappa shape index (κ1) is 25.0. The molecule has 7 heteroatoms. The van der Waals surface area contributed by atoms with Crippen molar-refractivity contribution in [2.75, 3.05) is 53.6 Å². The molecule has 2 rings (SSSR count). The third kappa shape index (κ3) is 8.13. The van der Waals surface area contributed by atoms with E-state index in [0.29, 0.717) is 6.61 Å². The zero-order valence-corrected chi connectivity index (χ0v) is 19.9. The second-order valence-electron chi connectivity index (χ2n) is 6.85. The lowest BCUT2D eigenvalue weighted by atomic mass is 10.0. The number of likely N-dealkylation sites (tertiary alicyclic amines) is 1. The summed E-state index contributed by atoms with van der Waals surface area (Å²) in [5.41, 5.74) is 1.23. The number of hydrogen-bond acceptors (Lipinski definition) is 4. The van der Waals surface area contributed by atoms with Crippen LogP contribution in [0.1, 0.15) is 44.2 Å². The lowest BCUT2D eigenvalue weighted by molar-refractivity contribution is 0.136. The quantitative estimate of drug-likeness (QED) is 0.209. The third-order valence-electron chi connectivity index (χ3n) is 4.95. The minimum Gasteiger partial charge on any atom is -0.496 e. The Morgan fingerprint density at radius 1 is 1.18 bits per heavy atom. The van der Waals surface area contributed by atoms with Gasteiger partial charge >= 0.3 is 0 Å². The van der Waals surface area contributed by atoms with E-state index in [0.717, 1.165) is 57.3 Å². The van der Waals surface area contributed by atoms with E-state index in [4.69, 9.17) is 9.47 Å². The molecule has 28 heavy (non-hydrogen) atoms. The van der Waals surface area contributed by atoms with E-state index in [-0.39, 0.29) is 30.0 Å². The Morgan fingerprint density at radius 2 is 1.93 bits per heavy atom. The van der Waals surface area contributed by atoms with Gasteiger partial charge in [-0.25, -0.2) is 0 Å². The Balaban J connectivity index is 0.00000392. The number of rotatable bonds is 11. The Morgan fingerprint density at radius 3 is 2.61 bits per heavy atom. The molecule has 1 atom stereocenters. The number of guanidine groups is 1. The van der Waals surface area contributed by atoms with Gasteiger partial charge in [-0.2, -0.15) is 0 Å². The van der Waals surface area contributed by atoms with Gasteiger partial charge in [0.1, 0.15) is 5.75 Å². The predicted octanol–water partition coefficient (Wildman–Crippen LogP) is 3.43. The zero-order valence-electron chi connectivity index (χ0n) is 17.6. The first-order valence-electron chi connectivity index (χ1n) is 10.2. The highest BCUT2D eigenvalue weighted by Crippen LogP contribution is 2.31. The number of nitrogens with zero attached hydrogens (tertiary/aromatic N) is 2. The Labute approximate surface area is 187 Å². The zero-order chi connectivity index (χ0) is 19.3. The molecule has 1 aliphatic heterocycles. The van der Waals surface area contributed by atoms with E-state index in [1.807, 2.05) is 12.1 Å².